The van der Waals surface area contributed by atoms with Gasteiger partial charge in [-0.15, -0.1) is 0 Å². The molecule has 1 rings (SSSR count). The fraction of sp³-hybridized carbons (Fsp3) is 0.636. The Morgan fingerprint density at radius 3 is 3.07 bits per heavy atom. The van der Waals surface area contributed by atoms with Crippen molar-refractivity contribution in [2.45, 2.75) is 25.1 Å². The summed E-state index contributed by atoms with van der Waals surface area (Å²) in [6.45, 7) is 3.28. The number of aliphatic hydroxyl groups is 1. The standard InChI is InChI=1S/C11H19NO2S/c1-2-12-10(5-6-13)8-15-9-11-4-3-7-14-11/h3-4,7,10,12-13H,2,5-6,8-9H2,1H3. The fourth-order valence-electron chi connectivity index (χ4n) is 1.39. The van der Waals surface area contributed by atoms with Gasteiger partial charge in [0.15, 0.2) is 0 Å². The minimum Gasteiger partial charge on any atom is -0.468 e. The molecule has 0 amide bonds. The van der Waals surface area contributed by atoms with Crippen LogP contribution in [0.3, 0.4) is 0 Å². The minimum atomic E-state index is 0.249. The van der Waals surface area contributed by atoms with E-state index in [0.717, 1.165) is 30.2 Å². The number of hydrogen-bond acceptors (Lipinski definition) is 4. The molecule has 1 unspecified atom stereocenters. The molecule has 15 heavy (non-hydrogen) atoms. The van der Waals surface area contributed by atoms with Gasteiger partial charge >= 0.3 is 0 Å². The summed E-state index contributed by atoms with van der Waals surface area (Å²) in [5, 5.41) is 12.2. The smallest absolute Gasteiger partial charge is 0.113 e. The third kappa shape index (κ3) is 5.25. The van der Waals surface area contributed by atoms with Gasteiger partial charge in [0.05, 0.1) is 12.0 Å². The zero-order chi connectivity index (χ0) is 10.9. The molecular formula is C11H19NO2S. The largest absolute Gasteiger partial charge is 0.468 e. The maximum absolute atomic E-state index is 8.88. The van der Waals surface area contributed by atoms with Crippen LogP contribution in [0.25, 0.3) is 0 Å². The predicted octanol–water partition coefficient (Wildman–Crippen LogP) is 1.87. The van der Waals surface area contributed by atoms with Gasteiger partial charge in [-0.1, -0.05) is 6.92 Å². The van der Waals surface area contributed by atoms with E-state index in [-0.39, 0.29) is 6.61 Å². The van der Waals surface area contributed by atoms with Crippen LogP contribution in [0.2, 0.25) is 0 Å². The molecule has 0 aliphatic carbocycles. The van der Waals surface area contributed by atoms with E-state index in [4.69, 9.17) is 9.52 Å². The molecule has 0 bridgehead atoms. The summed E-state index contributed by atoms with van der Waals surface area (Å²) < 4.78 is 5.24. The summed E-state index contributed by atoms with van der Waals surface area (Å²) in [4.78, 5) is 0. The van der Waals surface area contributed by atoms with Gasteiger partial charge in [-0.2, -0.15) is 11.8 Å². The van der Waals surface area contributed by atoms with E-state index < -0.39 is 0 Å². The van der Waals surface area contributed by atoms with Crippen molar-refractivity contribution in [3.63, 3.8) is 0 Å². The number of aliphatic hydroxyl groups excluding tert-OH is 1. The van der Waals surface area contributed by atoms with Crippen LogP contribution in [0.4, 0.5) is 0 Å². The fourth-order valence-corrected chi connectivity index (χ4v) is 2.44. The topological polar surface area (TPSA) is 45.4 Å². The number of nitrogens with one attached hydrogen (secondary N) is 1. The van der Waals surface area contributed by atoms with Crippen molar-refractivity contribution in [2.24, 2.45) is 0 Å². The Labute approximate surface area is 95.2 Å². The van der Waals surface area contributed by atoms with Crippen LogP contribution in [-0.4, -0.2) is 30.1 Å². The highest BCUT2D eigenvalue weighted by atomic mass is 32.2. The van der Waals surface area contributed by atoms with Gasteiger partial charge < -0.3 is 14.8 Å². The zero-order valence-electron chi connectivity index (χ0n) is 9.11. The second kappa shape index (κ2) is 7.79. The summed E-state index contributed by atoms with van der Waals surface area (Å²) in [6, 6.07) is 4.30. The molecule has 4 heteroatoms. The number of hydrogen-bond donors (Lipinski definition) is 2. The lowest BCUT2D eigenvalue weighted by Crippen LogP contribution is -2.32. The Balaban J connectivity index is 2.15. The molecule has 0 saturated heterocycles. The van der Waals surface area contributed by atoms with E-state index in [1.807, 2.05) is 23.9 Å². The molecule has 0 aliphatic rings. The summed E-state index contributed by atoms with van der Waals surface area (Å²) in [7, 11) is 0. The first-order chi connectivity index (χ1) is 7.36. The summed E-state index contributed by atoms with van der Waals surface area (Å²) in [5.74, 6) is 2.93. The molecule has 0 radical (unpaired) electrons. The Morgan fingerprint density at radius 2 is 2.47 bits per heavy atom. The molecule has 2 N–H and O–H groups in total. The highest BCUT2D eigenvalue weighted by Crippen LogP contribution is 2.14. The molecule has 86 valence electrons. The van der Waals surface area contributed by atoms with Crippen molar-refractivity contribution in [1.29, 1.82) is 0 Å². The molecule has 0 aliphatic heterocycles. The molecule has 1 aromatic heterocycles. The maximum atomic E-state index is 8.88. The Morgan fingerprint density at radius 1 is 1.60 bits per heavy atom. The molecule has 3 nitrogen and oxygen atoms in total. The Hall–Kier alpha value is -0.450. The van der Waals surface area contributed by atoms with Crippen molar-refractivity contribution >= 4 is 11.8 Å². The highest BCUT2D eigenvalue weighted by Gasteiger charge is 2.06. The maximum Gasteiger partial charge on any atom is 0.113 e. The average Bonchev–Trinajstić information content (AvgIpc) is 2.71. The number of furan rings is 1. The zero-order valence-corrected chi connectivity index (χ0v) is 9.93. The van der Waals surface area contributed by atoms with E-state index >= 15 is 0 Å². The summed E-state index contributed by atoms with van der Waals surface area (Å²) >= 11 is 1.83. The van der Waals surface area contributed by atoms with Crippen LogP contribution in [-0.2, 0) is 5.75 Å². The Bertz CT molecular complexity index is 233. The van der Waals surface area contributed by atoms with Crippen LogP contribution < -0.4 is 5.32 Å². The quantitative estimate of drug-likeness (QED) is 0.714. The lowest BCUT2D eigenvalue weighted by molar-refractivity contribution is 0.271. The predicted molar refractivity (Wildman–Crippen MR) is 64.0 cm³/mol. The second-order valence-corrected chi connectivity index (χ2v) is 4.39. The minimum absolute atomic E-state index is 0.249. The van der Waals surface area contributed by atoms with Crippen molar-refractivity contribution in [3.8, 4) is 0 Å². The van der Waals surface area contributed by atoms with Gasteiger partial charge in [0.25, 0.3) is 0 Å². The van der Waals surface area contributed by atoms with Crippen LogP contribution in [0.1, 0.15) is 19.1 Å². The lowest BCUT2D eigenvalue weighted by atomic mass is 10.2. The van der Waals surface area contributed by atoms with Gasteiger partial charge in [0, 0.05) is 18.4 Å². The van der Waals surface area contributed by atoms with E-state index in [1.54, 1.807) is 6.26 Å². The van der Waals surface area contributed by atoms with Gasteiger partial charge in [-0.05, 0) is 25.1 Å². The summed E-state index contributed by atoms with van der Waals surface area (Å²) in [5.41, 5.74) is 0. The third-order valence-corrected chi connectivity index (χ3v) is 3.24. The normalized spacial score (nSPS) is 12.9. The first kappa shape index (κ1) is 12.6. The SMILES string of the molecule is CCNC(CCO)CSCc1ccco1. The number of thioether (sulfide) groups is 1. The molecule has 1 atom stereocenters. The van der Waals surface area contributed by atoms with Gasteiger partial charge in [-0.3, -0.25) is 0 Å². The van der Waals surface area contributed by atoms with Crippen LogP contribution in [0.15, 0.2) is 22.8 Å². The number of rotatable bonds is 8. The van der Waals surface area contributed by atoms with Crippen LogP contribution in [0, 0.1) is 0 Å². The average molecular weight is 229 g/mol. The highest BCUT2D eigenvalue weighted by molar-refractivity contribution is 7.98. The molecule has 1 aromatic rings. The van der Waals surface area contributed by atoms with Gasteiger partial charge in [0.2, 0.25) is 0 Å². The first-order valence-corrected chi connectivity index (χ1v) is 6.46. The monoisotopic (exact) mass is 229 g/mol. The van der Waals surface area contributed by atoms with E-state index in [9.17, 15) is 0 Å². The first-order valence-electron chi connectivity index (χ1n) is 5.31. The molecule has 0 fully saturated rings. The third-order valence-electron chi connectivity index (χ3n) is 2.11. The Kier molecular flexibility index (Phi) is 6.55. The van der Waals surface area contributed by atoms with Crippen molar-refractivity contribution in [3.05, 3.63) is 24.2 Å². The van der Waals surface area contributed by atoms with E-state index in [0.29, 0.717) is 6.04 Å². The van der Waals surface area contributed by atoms with Crippen molar-refractivity contribution in [2.75, 3.05) is 18.9 Å². The van der Waals surface area contributed by atoms with Crippen LogP contribution in [0.5, 0.6) is 0 Å². The van der Waals surface area contributed by atoms with Crippen LogP contribution >= 0.6 is 11.8 Å². The van der Waals surface area contributed by atoms with E-state index in [1.165, 1.54) is 0 Å². The molecule has 0 spiro atoms. The van der Waals surface area contributed by atoms with Gasteiger partial charge in [0.1, 0.15) is 5.76 Å². The summed E-state index contributed by atoms with van der Waals surface area (Å²) in [6.07, 6.45) is 2.52. The van der Waals surface area contributed by atoms with Gasteiger partial charge in [-0.25, -0.2) is 0 Å². The molecule has 0 aromatic carbocycles. The second-order valence-electron chi connectivity index (χ2n) is 3.36. The van der Waals surface area contributed by atoms with E-state index in [2.05, 4.69) is 12.2 Å². The van der Waals surface area contributed by atoms with Crippen molar-refractivity contribution < 1.29 is 9.52 Å². The molecule has 0 saturated carbocycles. The lowest BCUT2D eigenvalue weighted by Gasteiger charge is -2.15. The molecule has 1 heterocycles. The van der Waals surface area contributed by atoms with Crippen molar-refractivity contribution in [1.82, 2.24) is 5.32 Å². The molecular weight excluding hydrogens is 210 g/mol.